The summed E-state index contributed by atoms with van der Waals surface area (Å²) >= 11 is 0. The van der Waals surface area contributed by atoms with E-state index in [0.29, 0.717) is 25.3 Å². The Morgan fingerprint density at radius 1 is 1.14 bits per heavy atom. The lowest BCUT2D eigenvalue weighted by molar-refractivity contribution is -0.121. The van der Waals surface area contributed by atoms with Crippen LogP contribution in [0.25, 0.3) is 11.0 Å². The topological polar surface area (TPSA) is 61.0 Å². The summed E-state index contributed by atoms with van der Waals surface area (Å²) in [6.45, 7) is 3.83. The van der Waals surface area contributed by atoms with Crippen LogP contribution in [0.3, 0.4) is 0 Å². The second-order valence-corrected chi connectivity index (χ2v) is 7.60. The molecule has 2 N–H and O–H groups in total. The number of fused-ring (bicyclic) bond motifs is 1. The number of rotatable bonds is 7. The minimum absolute atomic E-state index is 0.0945. The molecule has 0 bridgehead atoms. The Morgan fingerprint density at radius 2 is 1.96 bits per heavy atom. The lowest BCUT2D eigenvalue weighted by Gasteiger charge is -2.33. The smallest absolute Gasteiger partial charge is 0.220 e. The van der Waals surface area contributed by atoms with Crippen LogP contribution < -0.4 is 5.32 Å². The number of aromatic nitrogens is 2. The first kappa shape index (κ1) is 18.7. The number of imidazole rings is 1. The molecule has 1 aliphatic heterocycles. The van der Waals surface area contributed by atoms with Crippen molar-refractivity contribution >= 4 is 16.9 Å². The molecule has 1 atom stereocenters. The highest BCUT2D eigenvalue weighted by molar-refractivity contribution is 5.77. The van der Waals surface area contributed by atoms with Gasteiger partial charge in [-0.05, 0) is 43.0 Å². The van der Waals surface area contributed by atoms with E-state index < -0.39 is 0 Å². The van der Waals surface area contributed by atoms with Gasteiger partial charge in [0.05, 0.1) is 11.0 Å². The minimum Gasteiger partial charge on any atom is -0.355 e. The van der Waals surface area contributed by atoms with Gasteiger partial charge in [-0.3, -0.25) is 4.79 Å². The number of amides is 1. The largest absolute Gasteiger partial charge is 0.355 e. The van der Waals surface area contributed by atoms with E-state index in [1.165, 1.54) is 18.4 Å². The van der Waals surface area contributed by atoms with Crippen molar-refractivity contribution in [1.82, 2.24) is 20.2 Å². The minimum atomic E-state index is 0.0945. The number of para-hydroxylation sites is 2. The molecule has 0 radical (unpaired) electrons. The summed E-state index contributed by atoms with van der Waals surface area (Å²) in [5.74, 6) is 1.58. The molecule has 0 spiro atoms. The predicted molar refractivity (Wildman–Crippen MR) is 112 cm³/mol. The molecule has 1 fully saturated rings. The van der Waals surface area contributed by atoms with E-state index in [1.807, 2.05) is 24.3 Å². The molecule has 28 heavy (non-hydrogen) atoms. The first-order valence-electron chi connectivity index (χ1n) is 10.3. The van der Waals surface area contributed by atoms with Gasteiger partial charge in [-0.25, -0.2) is 4.98 Å². The van der Waals surface area contributed by atoms with Gasteiger partial charge in [-0.15, -0.1) is 0 Å². The Kier molecular flexibility index (Phi) is 6.02. The molecule has 1 amide bonds. The van der Waals surface area contributed by atoms with Crippen LogP contribution in [-0.4, -0.2) is 47.0 Å². The SMILES string of the molecule is O=C(CCc1nc2ccccc2[nH]1)NCCN1CCC[C@H](c2ccccc2)C1. The summed E-state index contributed by atoms with van der Waals surface area (Å²) in [6, 6.07) is 18.7. The van der Waals surface area contributed by atoms with Gasteiger partial charge in [0.1, 0.15) is 5.82 Å². The van der Waals surface area contributed by atoms with Gasteiger partial charge < -0.3 is 15.2 Å². The van der Waals surface area contributed by atoms with Gasteiger partial charge in [0, 0.05) is 32.5 Å². The van der Waals surface area contributed by atoms with Gasteiger partial charge in [0.25, 0.3) is 0 Å². The molecule has 5 heteroatoms. The summed E-state index contributed by atoms with van der Waals surface area (Å²) < 4.78 is 0. The fourth-order valence-corrected chi connectivity index (χ4v) is 4.05. The fraction of sp³-hybridized carbons (Fsp3) is 0.391. The Labute approximate surface area is 166 Å². The van der Waals surface area contributed by atoms with Gasteiger partial charge in [0.15, 0.2) is 0 Å². The number of likely N-dealkylation sites (tertiary alicyclic amines) is 1. The molecule has 2 heterocycles. The Bertz CT molecular complexity index is 872. The molecule has 3 aromatic rings. The zero-order valence-electron chi connectivity index (χ0n) is 16.2. The van der Waals surface area contributed by atoms with Crippen LogP contribution in [0.4, 0.5) is 0 Å². The van der Waals surface area contributed by atoms with Crippen LogP contribution in [0.1, 0.15) is 36.6 Å². The highest BCUT2D eigenvalue weighted by Gasteiger charge is 2.20. The van der Waals surface area contributed by atoms with Crippen LogP contribution in [0, 0.1) is 0 Å². The molecule has 4 rings (SSSR count). The van der Waals surface area contributed by atoms with Crippen molar-refractivity contribution in [3.8, 4) is 0 Å². The van der Waals surface area contributed by atoms with Gasteiger partial charge in [-0.1, -0.05) is 42.5 Å². The van der Waals surface area contributed by atoms with E-state index in [1.54, 1.807) is 0 Å². The molecule has 5 nitrogen and oxygen atoms in total. The fourth-order valence-electron chi connectivity index (χ4n) is 4.05. The summed E-state index contributed by atoms with van der Waals surface area (Å²) in [5.41, 5.74) is 3.41. The van der Waals surface area contributed by atoms with E-state index in [-0.39, 0.29) is 5.91 Å². The molecular weight excluding hydrogens is 348 g/mol. The average molecular weight is 377 g/mol. The third-order valence-electron chi connectivity index (χ3n) is 5.55. The normalized spacial score (nSPS) is 17.6. The molecule has 1 aromatic heterocycles. The number of nitrogens with zero attached hydrogens (tertiary/aromatic N) is 2. The van der Waals surface area contributed by atoms with E-state index in [4.69, 9.17) is 0 Å². The molecule has 0 aliphatic carbocycles. The Hall–Kier alpha value is -2.66. The first-order valence-corrected chi connectivity index (χ1v) is 10.3. The van der Waals surface area contributed by atoms with Crippen molar-refractivity contribution in [2.24, 2.45) is 0 Å². The van der Waals surface area contributed by atoms with Crippen LogP contribution >= 0.6 is 0 Å². The Balaban J connectivity index is 1.18. The van der Waals surface area contributed by atoms with Crippen molar-refractivity contribution in [2.75, 3.05) is 26.2 Å². The van der Waals surface area contributed by atoms with E-state index >= 15 is 0 Å². The maximum absolute atomic E-state index is 12.2. The number of nitrogens with one attached hydrogen (secondary N) is 2. The highest BCUT2D eigenvalue weighted by Crippen LogP contribution is 2.26. The van der Waals surface area contributed by atoms with Crippen molar-refractivity contribution in [2.45, 2.75) is 31.6 Å². The lowest BCUT2D eigenvalue weighted by atomic mass is 9.91. The van der Waals surface area contributed by atoms with Crippen LogP contribution in [0.15, 0.2) is 54.6 Å². The maximum Gasteiger partial charge on any atom is 0.220 e. The quantitative estimate of drug-likeness (QED) is 0.664. The number of aryl methyl sites for hydroxylation is 1. The van der Waals surface area contributed by atoms with Crippen LogP contribution in [-0.2, 0) is 11.2 Å². The van der Waals surface area contributed by atoms with Crippen LogP contribution in [0.2, 0.25) is 0 Å². The number of carbonyl (C=O) groups is 1. The summed E-state index contributed by atoms with van der Waals surface area (Å²) in [6.07, 6.45) is 3.58. The first-order chi connectivity index (χ1) is 13.8. The number of benzene rings is 2. The summed E-state index contributed by atoms with van der Waals surface area (Å²) in [5, 5.41) is 3.07. The number of aromatic amines is 1. The molecule has 2 aromatic carbocycles. The molecule has 1 saturated heterocycles. The number of piperidine rings is 1. The lowest BCUT2D eigenvalue weighted by Crippen LogP contribution is -2.40. The van der Waals surface area contributed by atoms with Crippen molar-refractivity contribution in [3.05, 3.63) is 66.0 Å². The van der Waals surface area contributed by atoms with Crippen LogP contribution in [0.5, 0.6) is 0 Å². The van der Waals surface area contributed by atoms with Gasteiger partial charge in [-0.2, -0.15) is 0 Å². The van der Waals surface area contributed by atoms with E-state index in [9.17, 15) is 4.79 Å². The number of hydrogen-bond acceptors (Lipinski definition) is 3. The summed E-state index contributed by atoms with van der Waals surface area (Å²) in [7, 11) is 0. The third kappa shape index (κ3) is 4.78. The van der Waals surface area contributed by atoms with E-state index in [2.05, 4.69) is 50.5 Å². The van der Waals surface area contributed by atoms with Crippen molar-refractivity contribution in [1.29, 1.82) is 0 Å². The predicted octanol–water partition coefficient (Wildman–Crippen LogP) is 3.49. The van der Waals surface area contributed by atoms with E-state index in [0.717, 1.165) is 36.5 Å². The molecular formula is C23H28N4O. The molecule has 146 valence electrons. The monoisotopic (exact) mass is 376 g/mol. The molecule has 0 unspecified atom stereocenters. The number of carbonyl (C=O) groups excluding carboxylic acids is 1. The standard InChI is InChI=1S/C23H28N4O/c28-23(13-12-22-25-20-10-4-5-11-21(20)26-22)24-14-16-27-15-6-9-19(17-27)18-7-2-1-3-8-18/h1-5,7-8,10-11,19H,6,9,12-17H2,(H,24,28)(H,25,26)/t19-/m0/s1. The molecule has 0 saturated carbocycles. The number of hydrogen-bond donors (Lipinski definition) is 2. The van der Waals surface area contributed by atoms with Gasteiger partial charge in [0.2, 0.25) is 5.91 Å². The Morgan fingerprint density at radius 3 is 2.82 bits per heavy atom. The highest BCUT2D eigenvalue weighted by atomic mass is 16.1. The summed E-state index contributed by atoms with van der Waals surface area (Å²) in [4.78, 5) is 22.5. The maximum atomic E-state index is 12.2. The third-order valence-corrected chi connectivity index (χ3v) is 5.55. The zero-order valence-corrected chi connectivity index (χ0v) is 16.2. The number of H-pyrrole nitrogens is 1. The second kappa shape index (κ2) is 9.02. The van der Waals surface area contributed by atoms with Gasteiger partial charge >= 0.3 is 0 Å². The van der Waals surface area contributed by atoms with Crippen molar-refractivity contribution in [3.63, 3.8) is 0 Å². The zero-order chi connectivity index (χ0) is 19.2. The van der Waals surface area contributed by atoms with Crippen molar-refractivity contribution < 1.29 is 4.79 Å². The second-order valence-electron chi connectivity index (χ2n) is 7.60. The average Bonchev–Trinajstić information content (AvgIpc) is 3.16. The molecule has 1 aliphatic rings.